The van der Waals surface area contributed by atoms with Gasteiger partial charge < -0.3 is 5.11 Å². The molecule has 1 rings (SSSR count). The average Bonchev–Trinajstić information content (AvgIpc) is 2.33. The normalized spacial score (nSPS) is 9.89. The van der Waals surface area contributed by atoms with Gasteiger partial charge in [-0.05, 0) is 42.9 Å². The topological polar surface area (TPSA) is 37.3 Å². The fraction of sp³-hybridized carbons (Fsp3) is 0.533. The Bertz CT molecular complexity index is 375. The number of hydrogen-bond acceptors (Lipinski definition) is 1. The largest absolute Gasteiger partial charge is 0.478 e. The minimum atomic E-state index is -0.807. The van der Waals surface area contributed by atoms with Crippen LogP contribution in [0.3, 0.4) is 0 Å². The van der Waals surface area contributed by atoms with Gasteiger partial charge in [0.25, 0.3) is 0 Å². The van der Waals surface area contributed by atoms with Gasteiger partial charge in [-0.3, -0.25) is 0 Å². The third-order valence-corrected chi connectivity index (χ3v) is 3.02. The van der Waals surface area contributed by atoms with Crippen LogP contribution in [0.5, 0.6) is 0 Å². The van der Waals surface area contributed by atoms with E-state index in [1.165, 1.54) is 18.4 Å². The van der Waals surface area contributed by atoms with E-state index >= 15 is 0 Å². The molecular formula is C15H22CaO2. The van der Waals surface area contributed by atoms with E-state index in [9.17, 15) is 4.79 Å². The van der Waals surface area contributed by atoms with Crippen molar-refractivity contribution in [3.63, 3.8) is 0 Å². The number of hydrogen-bond donors (Lipinski definition) is 1. The molecular weight excluding hydrogens is 252 g/mol. The summed E-state index contributed by atoms with van der Waals surface area (Å²) in [5.41, 5.74) is 2.73. The Hall–Kier alpha value is -0.0503. The summed E-state index contributed by atoms with van der Waals surface area (Å²) >= 11 is 0. The van der Waals surface area contributed by atoms with Crippen molar-refractivity contribution in [2.45, 2.75) is 52.4 Å². The van der Waals surface area contributed by atoms with Crippen LogP contribution in [0.15, 0.2) is 18.2 Å². The summed E-state index contributed by atoms with van der Waals surface area (Å²) in [5, 5.41) is 9.13. The number of carboxylic acids is 1. The van der Waals surface area contributed by atoms with E-state index in [-0.39, 0.29) is 37.7 Å². The van der Waals surface area contributed by atoms with Crippen molar-refractivity contribution in [3.8, 4) is 0 Å². The molecule has 0 fully saturated rings. The molecule has 96 valence electrons. The first-order chi connectivity index (χ1) is 8.19. The Morgan fingerprint density at radius 1 is 1.11 bits per heavy atom. The minimum Gasteiger partial charge on any atom is -0.478 e. The van der Waals surface area contributed by atoms with E-state index in [0.717, 1.165) is 31.2 Å². The number of carbonyl (C=O) groups is 1. The average molecular weight is 274 g/mol. The zero-order valence-electron chi connectivity index (χ0n) is 11.5. The van der Waals surface area contributed by atoms with E-state index in [1.807, 2.05) is 6.07 Å². The molecule has 0 aliphatic rings. The summed E-state index contributed by atoms with van der Waals surface area (Å²) in [7, 11) is 0. The summed E-state index contributed by atoms with van der Waals surface area (Å²) in [6.07, 6.45) is 6.41. The molecule has 0 aliphatic heterocycles. The molecule has 0 atom stereocenters. The monoisotopic (exact) mass is 274 g/mol. The molecule has 1 aromatic rings. The predicted octanol–water partition coefficient (Wildman–Crippen LogP) is 3.69. The first-order valence-electron chi connectivity index (χ1n) is 6.54. The molecule has 0 unspecified atom stereocenters. The maximum Gasteiger partial charge on any atom is 0.335 e. The predicted molar refractivity (Wildman–Crippen MR) is 76.4 cm³/mol. The van der Waals surface area contributed by atoms with Crippen LogP contribution in [0.4, 0.5) is 0 Å². The second-order valence-electron chi connectivity index (χ2n) is 4.50. The van der Waals surface area contributed by atoms with E-state index in [1.54, 1.807) is 6.07 Å². The van der Waals surface area contributed by atoms with Crippen LogP contribution in [0.1, 0.15) is 61.0 Å². The number of rotatable bonds is 7. The molecule has 1 N–H and O–H groups in total. The molecule has 0 saturated carbocycles. The van der Waals surface area contributed by atoms with Gasteiger partial charge in [-0.15, -0.1) is 0 Å². The number of aryl methyl sites for hydroxylation is 2. The Labute approximate surface area is 140 Å². The van der Waals surface area contributed by atoms with Crippen LogP contribution >= 0.6 is 0 Å². The third kappa shape index (κ3) is 5.73. The maximum absolute atomic E-state index is 11.1. The fourth-order valence-electron chi connectivity index (χ4n) is 1.97. The van der Waals surface area contributed by atoms with Crippen LogP contribution in [0.25, 0.3) is 0 Å². The Balaban J connectivity index is 0.00000289. The van der Waals surface area contributed by atoms with Crippen LogP contribution in [-0.4, -0.2) is 48.8 Å². The van der Waals surface area contributed by atoms with Gasteiger partial charge in [0.15, 0.2) is 0 Å². The van der Waals surface area contributed by atoms with Crippen molar-refractivity contribution < 1.29 is 9.90 Å². The van der Waals surface area contributed by atoms with E-state index in [2.05, 4.69) is 19.9 Å². The van der Waals surface area contributed by atoms with Gasteiger partial charge in [-0.25, -0.2) is 4.79 Å². The van der Waals surface area contributed by atoms with Crippen LogP contribution in [0.2, 0.25) is 0 Å². The molecule has 3 heteroatoms. The van der Waals surface area contributed by atoms with Crippen molar-refractivity contribution in [1.29, 1.82) is 0 Å². The molecule has 0 aliphatic carbocycles. The van der Waals surface area contributed by atoms with Gasteiger partial charge in [0.05, 0.1) is 5.56 Å². The minimum absolute atomic E-state index is 0. The van der Waals surface area contributed by atoms with E-state index in [0.29, 0.717) is 5.56 Å². The maximum atomic E-state index is 11.1. The summed E-state index contributed by atoms with van der Waals surface area (Å²) in [6, 6.07) is 5.79. The van der Waals surface area contributed by atoms with Crippen molar-refractivity contribution in [2.24, 2.45) is 0 Å². The van der Waals surface area contributed by atoms with Gasteiger partial charge in [-0.2, -0.15) is 0 Å². The molecule has 0 aromatic heterocycles. The quantitative estimate of drug-likeness (QED) is 0.770. The standard InChI is InChI=1S/C15H22O2.Ca/c1-3-5-7-12-9-10-14(15(16)17)13(11-12)8-6-4-2;/h9-11H,3-8H2,1-2H3,(H,16,17);. The Morgan fingerprint density at radius 3 is 2.28 bits per heavy atom. The Morgan fingerprint density at radius 2 is 1.72 bits per heavy atom. The number of unbranched alkanes of at least 4 members (excludes halogenated alkanes) is 2. The smallest absolute Gasteiger partial charge is 0.335 e. The van der Waals surface area contributed by atoms with Crippen molar-refractivity contribution in [2.75, 3.05) is 0 Å². The summed E-state index contributed by atoms with van der Waals surface area (Å²) in [5.74, 6) is -0.807. The second-order valence-corrected chi connectivity index (χ2v) is 4.50. The third-order valence-electron chi connectivity index (χ3n) is 3.02. The van der Waals surface area contributed by atoms with E-state index < -0.39 is 5.97 Å². The Kier molecular flexibility index (Phi) is 9.80. The molecule has 0 bridgehead atoms. The van der Waals surface area contributed by atoms with Crippen molar-refractivity contribution >= 4 is 43.7 Å². The summed E-state index contributed by atoms with van der Waals surface area (Å²) in [4.78, 5) is 11.1. The molecule has 2 nitrogen and oxygen atoms in total. The van der Waals surface area contributed by atoms with Gasteiger partial charge in [0, 0.05) is 37.7 Å². The van der Waals surface area contributed by atoms with Gasteiger partial charge in [0.2, 0.25) is 0 Å². The van der Waals surface area contributed by atoms with Gasteiger partial charge >= 0.3 is 5.97 Å². The van der Waals surface area contributed by atoms with Crippen molar-refractivity contribution in [1.82, 2.24) is 0 Å². The zero-order valence-corrected chi connectivity index (χ0v) is 13.7. The van der Waals surface area contributed by atoms with Gasteiger partial charge in [0.1, 0.15) is 0 Å². The second kappa shape index (κ2) is 9.82. The van der Waals surface area contributed by atoms with Crippen LogP contribution in [-0.2, 0) is 12.8 Å². The first-order valence-corrected chi connectivity index (χ1v) is 6.54. The molecule has 1 aromatic carbocycles. The molecule has 2 radical (unpaired) electrons. The summed E-state index contributed by atoms with van der Waals surface area (Å²) < 4.78 is 0. The molecule has 0 heterocycles. The molecule has 0 spiro atoms. The number of aromatic carboxylic acids is 1. The zero-order chi connectivity index (χ0) is 12.7. The molecule has 18 heavy (non-hydrogen) atoms. The SMILES string of the molecule is CCCCc1ccc(C(=O)O)c(CCCC)c1.[Ca]. The van der Waals surface area contributed by atoms with E-state index in [4.69, 9.17) is 5.11 Å². The number of carboxylic acid groups (broad SMARTS) is 1. The van der Waals surface area contributed by atoms with Gasteiger partial charge in [-0.1, -0.05) is 38.8 Å². The molecule has 0 saturated heterocycles. The van der Waals surface area contributed by atoms with Crippen molar-refractivity contribution in [3.05, 3.63) is 34.9 Å². The fourth-order valence-corrected chi connectivity index (χ4v) is 1.97. The van der Waals surface area contributed by atoms with Crippen LogP contribution in [0, 0.1) is 0 Å². The number of benzene rings is 1. The summed E-state index contributed by atoms with van der Waals surface area (Å²) in [6.45, 7) is 4.30. The molecule has 0 amide bonds. The first kappa shape index (κ1) is 17.9. The van der Waals surface area contributed by atoms with Crippen LogP contribution < -0.4 is 0 Å².